The molecular formula is C20H17ClN6O2S. The highest BCUT2D eigenvalue weighted by molar-refractivity contribution is 7.88. The van der Waals surface area contributed by atoms with Gasteiger partial charge in [-0.15, -0.1) is 0 Å². The Hall–Kier alpha value is -2.93. The molecule has 0 radical (unpaired) electrons. The van der Waals surface area contributed by atoms with Crippen molar-refractivity contribution < 1.29 is 8.42 Å². The maximum atomic E-state index is 12.0. The van der Waals surface area contributed by atoms with E-state index < -0.39 is 15.6 Å². The van der Waals surface area contributed by atoms with Gasteiger partial charge in [-0.05, 0) is 18.2 Å². The van der Waals surface area contributed by atoms with E-state index in [1.165, 1.54) is 16.9 Å². The van der Waals surface area contributed by atoms with Gasteiger partial charge in [0.05, 0.1) is 35.5 Å². The number of fused-ring (bicyclic) bond motifs is 2. The summed E-state index contributed by atoms with van der Waals surface area (Å²) in [6, 6.07) is 9.74. The van der Waals surface area contributed by atoms with E-state index in [9.17, 15) is 13.7 Å². The standard InChI is InChI=1S/C20H17ClN6O2S/c1-30(28,29)26-10-20(11-26,5-6-22)27-9-16(14-3-2-13(21)8-17(14)27)18-15-4-7-23-19(15)25-12-24-18/h2-4,7-9,12H,5,10-11H2,1H3,(H,23,24,25). The first-order valence-corrected chi connectivity index (χ1v) is 11.5. The highest BCUT2D eigenvalue weighted by Gasteiger charge is 2.49. The summed E-state index contributed by atoms with van der Waals surface area (Å²) in [5, 5.41) is 11.9. The molecule has 0 bridgehead atoms. The SMILES string of the molecule is CS(=O)(=O)N1CC(CC#N)(n2cc(-c3ncnc4[nH]ccc34)c3ccc(Cl)cc32)C1. The molecule has 0 amide bonds. The fourth-order valence-corrected chi connectivity index (χ4v) is 5.33. The Morgan fingerprint density at radius 1 is 1.27 bits per heavy atom. The van der Waals surface area contributed by atoms with Crippen molar-refractivity contribution >= 4 is 43.6 Å². The van der Waals surface area contributed by atoms with Gasteiger partial charge in [-0.25, -0.2) is 18.4 Å². The molecular weight excluding hydrogens is 424 g/mol. The van der Waals surface area contributed by atoms with Gasteiger partial charge in [0.2, 0.25) is 10.0 Å². The number of sulfonamides is 1. The topological polar surface area (TPSA) is 108 Å². The first-order chi connectivity index (χ1) is 14.3. The number of H-pyrrole nitrogens is 1. The van der Waals surface area contributed by atoms with Gasteiger partial charge in [0.25, 0.3) is 0 Å². The summed E-state index contributed by atoms with van der Waals surface area (Å²) in [4.78, 5) is 11.9. The molecule has 8 nitrogen and oxygen atoms in total. The van der Waals surface area contributed by atoms with Crippen molar-refractivity contribution in [3.63, 3.8) is 0 Å². The van der Waals surface area contributed by atoms with E-state index >= 15 is 0 Å². The summed E-state index contributed by atoms with van der Waals surface area (Å²) in [5.41, 5.74) is 2.54. The number of aromatic nitrogens is 4. The number of hydrogen-bond acceptors (Lipinski definition) is 5. The zero-order valence-corrected chi connectivity index (χ0v) is 17.6. The molecule has 0 saturated carbocycles. The van der Waals surface area contributed by atoms with Crippen LogP contribution in [0.2, 0.25) is 5.02 Å². The largest absolute Gasteiger partial charge is 0.346 e. The van der Waals surface area contributed by atoms with Crippen LogP contribution < -0.4 is 0 Å². The number of nitrogens with one attached hydrogen (secondary N) is 1. The Morgan fingerprint density at radius 3 is 2.80 bits per heavy atom. The van der Waals surface area contributed by atoms with Gasteiger partial charge in [-0.1, -0.05) is 17.7 Å². The predicted octanol–water partition coefficient (Wildman–Crippen LogP) is 3.12. The summed E-state index contributed by atoms with van der Waals surface area (Å²) < 4.78 is 27.4. The van der Waals surface area contributed by atoms with Gasteiger partial charge in [-0.3, -0.25) is 0 Å². The fourth-order valence-electron chi connectivity index (χ4n) is 4.21. The molecule has 10 heteroatoms. The van der Waals surface area contributed by atoms with Crippen LogP contribution in [-0.2, 0) is 15.6 Å². The molecule has 1 fully saturated rings. The van der Waals surface area contributed by atoms with Crippen molar-refractivity contribution in [1.82, 2.24) is 23.8 Å². The first-order valence-electron chi connectivity index (χ1n) is 9.24. The Balaban J connectivity index is 1.75. The van der Waals surface area contributed by atoms with E-state index in [1.54, 1.807) is 0 Å². The van der Waals surface area contributed by atoms with Gasteiger partial charge < -0.3 is 9.55 Å². The second-order valence-corrected chi connectivity index (χ2v) is 10.0. The van der Waals surface area contributed by atoms with Gasteiger partial charge >= 0.3 is 0 Å². The van der Waals surface area contributed by atoms with E-state index in [4.69, 9.17) is 11.6 Å². The van der Waals surface area contributed by atoms with E-state index in [2.05, 4.69) is 21.0 Å². The molecule has 4 heterocycles. The molecule has 0 atom stereocenters. The maximum Gasteiger partial charge on any atom is 0.211 e. The van der Waals surface area contributed by atoms with Crippen LogP contribution in [0.3, 0.4) is 0 Å². The van der Waals surface area contributed by atoms with Gasteiger partial charge in [0.1, 0.15) is 12.0 Å². The summed E-state index contributed by atoms with van der Waals surface area (Å²) in [6.07, 6.45) is 6.63. The van der Waals surface area contributed by atoms with Crippen LogP contribution >= 0.6 is 11.6 Å². The van der Waals surface area contributed by atoms with Gasteiger partial charge in [0.15, 0.2) is 0 Å². The number of nitrogens with zero attached hydrogens (tertiary/aromatic N) is 5. The third kappa shape index (κ3) is 2.80. The second kappa shape index (κ2) is 6.54. The molecule has 1 saturated heterocycles. The van der Waals surface area contributed by atoms with Crippen LogP contribution in [0, 0.1) is 11.3 Å². The number of halogens is 1. The molecule has 30 heavy (non-hydrogen) atoms. The Kier molecular flexibility index (Phi) is 4.15. The van der Waals surface area contributed by atoms with Crippen molar-refractivity contribution in [2.24, 2.45) is 0 Å². The van der Waals surface area contributed by atoms with Crippen molar-refractivity contribution in [2.75, 3.05) is 19.3 Å². The number of nitriles is 1. The minimum absolute atomic E-state index is 0.179. The van der Waals surface area contributed by atoms with Crippen LogP contribution in [0.25, 0.3) is 33.2 Å². The quantitative estimate of drug-likeness (QED) is 0.524. The normalized spacial score (nSPS) is 16.6. The summed E-state index contributed by atoms with van der Waals surface area (Å²) in [7, 11) is -3.33. The Morgan fingerprint density at radius 2 is 2.07 bits per heavy atom. The lowest BCUT2D eigenvalue weighted by atomic mass is 9.88. The molecule has 4 aromatic rings. The third-order valence-corrected chi connectivity index (χ3v) is 7.14. The van der Waals surface area contributed by atoms with Crippen molar-refractivity contribution in [3.8, 4) is 17.3 Å². The maximum absolute atomic E-state index is 12.0. The van der Waals surface area contributed by atoms with E-state index in [-0.39, 0.29) is 19.5 Å². The highest BCUT2D eigenvalue weighted by Crippen LogP contribution is 2.42. The van der Waals surface area contributed by atoms with Crippen LogP contribution in [0.4, 0.5) is 0 Å². The minimum Gasteiger partial charge on any atom is -0.346 e. The lowest BCUT2D eigenvalue weighted by molar-refractivity contribution is 0.0899. The number of rotatable bonds is 4. The molecule has 1 N–H and O–H groups in total. The summed E-state index contributed by atoms with van der Waals surface area (Å²) in [6.45, 7) is 0.469. The zero-order chi connectivity index (χ0) is 21.1. The third-order valence-electron chi connectivity index (χ3n) is 5.71. The second-order valence-electron chi connectivity index (χ2n) is 7.63. The fraction of sp³-hybridized carbons (Fsp3) is 0.250. The van der Waals surface area contributed by atoms with Crippen LogP contribution in [0.1, 0.15) is 6.42 Å². The molecule has 3 aromatic heterocycles. The summed E-state index contributed by atoms with van der Waals surface area (Å²) >= 11 is 6.30. The molecule has 0 unspecified atom stereocenters. The predicted molar refractivity (Wildman–Crippen MR) is 114 cm³/mol. The minimum atomic E-state index is -3.33. The lowest BCUT2D eigenvalue weighted by Gasteiger charge is -2.48. The van der Waals surface area contributed by atoms with Crippen molar-refractivity contribution in [2.45, 2.75) is 12.0 Å². The highest BCUT2D eigenvalue weighted by atomic mass is 35.5. The first kappa shape index (κ1) is 19.1. The van der Waals surface area contributed by atoms with Crippen LogP contribution in [0.15, 0.2) is 43.0 Å². The molecule has 0 spiro atoms. The van der Waals surface area contributed by atoms with Gasteiger partial charge in [-0.2, -0.15) is 9.57 Å². The Labute approximate surface area is 177 Å². The van der Waals surface area contributed by atoms with E-state index in [1.807, 2.05) is 41.2 Å². The monoisotopic (exact) mass is 440 g/mol. The van der Waals surface area contributed by atoms with E-state index in [0.717, 1.165) is 33.2 Å². The number of aromatic amines is 1. The molecule has 0 aliphatic carbocycles. The van der Waals surface area contributed by atoms with Gasteiger partial charge in [0, 0.05) is 46.8 Å². The summed E-state index contributed by atoms with van der Waals surface area (Å²) in [5.74, 6) is 0. The molecule has 1 aromatic carbocycles. The Bertz CT molecular complexity index is 1440. The van der Waals surface area contributed by atoms with Crippen molar-refractivity contribution in [3.05, 3.63) is 48.0 Å². The van der Waals surface area contributed by atoms with Crippen LogP contribution in [-0.4, -0.2) is 51.6 Å². The molecule has 1 aliphatic heterocycles. The molecule has 152 valence electrons. The average molecular weight is 441 g/mol. The smallest absolute Gasteiger partial charge is 0.211 e. The average Bonchev–Trinajstić information content (AvgIpc) is 3.28. The number of hydrogen-bond donors (Lipinski definition) is 1. The van der Waals surface area contributed by atoms with Crippen LogP contribution in [0.5, 0.6) is 0 Å². The lowest BCUT2D eigenvalue weighted by Crippen LogP contribution is -2.63. The molecule has 1 aliphatic rings. The van der Waals surface area contributed by atoms with E-state index in [0.29, 0.717) is 5.02 Å². The molecule has 5 rings (SSSR count). The zero-order valence-electron chi connectivity index (χ0n) is 16.0. The number of benzene rings is 1. The van der Waals surface area contributed by atoms with Crippen molar-refractivity contribution in [1.29, 1.82) is 5.26 Å².